The summed E-state index contributed by atoms with van der Waals surface area (Å²) in [6.07, 6.45) is 5.39. The molecule has 1 saturated carbocycles. The average Bonchev–Trinajstić information content (AvgIpc) is 3.81. The number of carbonyl (C=O) groups excluding carboxylic acids is 5. The van der Waals surface area contributed by atoms with Crippen LogP contribution in [0.2, 0.25) is 0 Å². The summed E-state index contributed by atoms with van der Waals surface area (Å²) in [5.41, 5.74) is 6.19. The number of nitrogens with zero attached hydrogens (tertiary/aromatic N) is 2. The number of rotatable bonds is 21. The summed E-state index contributed by atoms with van der Waals surface area (Å²) in [4.78, 5) is 75.8. The van der Waals surface area contributed by atoms with Crippen molar-refractivity contribution in [3.63, 3.8) is 0 Å². The predicted octanol–water partition coefficient (Wildman–Crippen LogP) is 2.29. The molecule has 0 aromatic heterocycles. The average molecular weight is 768 g/mol. The SMILES string of the molecule is NC(O)NCCC[C@H](NC(=O)[C@@H](NC(=O)CCCCCN1C(=O)C=CC1O)C1CCCC1)C(=O)Nc1ccc(COC(=O)Oc2ccc([N+](=O)[O-])cc2)cc1. The van der Waals surface area contributed by atoms with Crippen LogP contribution in [0.25, 0.3) is 0 Å². The van der Waals surface area contributed by atoms with Gasteiger partial charge < -0.3 is 40.5 Å². The summed E-state index contributed by atoms with van der Waals surface area (Å²) in [6.45, 7) is 0.477. The van der Waals surface area contributed by atoms with Crippen molar-refractivity contribution < 1.29 is 48.6 Å². The van der Waals surface area contributed by atoms with Gasteiger partial charge in [-0.15, -0.1) is 0 Å². The van der Waals surface area contributed by atoms with Crippen LogP contribution in [0.4, 0.5) is 16.2 Å². The van der Waals surface area contributed by atoms with E-state index in [1.807, 2.05) is 0 Å². The maximum absolute atomic E-state index is 13.8. The Hall–Kier alpha value is -5.43. The minimum Gasteiger partial charge on any atom is -0.429 e. The number of aliphatic hydroxyl groups excluding tert-OH is 2. The highest BCUT2D eigenvalue weighted by atomic mass is 16.7. The van der Waals surface area contributed by atoms with Crippen molar-refractivity contribution in [2.24, 2.45) is 11.7 Å². The number of hydrogen-bond acceptors (Lipinski definition) is 13. The van der Waals surface area contributed by atoms with Crippen LogP contribution in [-0.4, -0.2) is 87.6 Å². The monoisotopic (exact) mass is 767 g/mol. The van der Waals surface area contributed by atoms with Crippen LogP contribution >= 0.6 is 0 Å². The second kappa shape index (κ2) is 21.5. The van der Waals surface area contributed by atoms with E-state index >= 15 is 0 Å². The lowest BCUT2D eigenvalue weighted by Gasteiger charge is -2.27. The Kier molecular flexibility index (Phi) is 16.5. The first-order valence-corrected chi connectivity index (χ1v) is 18.3. The number of ether oxygens (including phenoxy) is 2. The lowest BCUT2D eigenvalue weighted by atomic mass is 9.96. The molecule has 0 saturated heterocycles. The van der Waals surface area contributed by atoms with Gasteiger partial charge in [-0.05, 0) is 86.9 Å². The zero-order chi connectivity index (χ0) is 39.7. The Balaban J connectivity index is 1.30. The molecule has 2 aromatic rings. The minimum absolute atomic E-state index is 0.0717. The molecule has 1 heterocycles. The van der Waals surface area contributed by atoms with Crippen LogP contribution in [-0.2, 0) is 30.5 Å². The first-order valence-electron chi connectivity index (χ1n) is 18.3. The van der Waals surface area contributed by atoms with Gasteiger partial charge in [0.2, 0.25) is 23.6 Å². The molecule has 298 valence electrons. The van der Waals surface area contributed by atoms with E-state index in [2.05, 4.69) is 21.3 Å². The number of anilines is 1. The van der Waals surface area contributed by atoms with Crippen molar-refractivity contribution in [1.82, 2.24) is 20.9 Å². The smallest absolute Gasteiger partial charge is 0.429 e. The van der Waals surface area contributed by atoms with Gasteiger partial charge in [0.25, 0.3) is 5.69 Å². The van der Waals surface area contributed by atoms with E-state index in [9.17, 15) is 44.3 Å². The number of aliphatic hydroxyl groups is 2. The number of nitro groups is 1. The Bertz CT molecular complexity index is 1650. The predicted molar refractivity (Wildman–Crippen MR) is 198 cm³/mol. The molecule has 8 N–H and O–H groups in total. The van der Waals surface area contributed by atoms with Crippen LogP contribution in [0.15, 0.2) is 60.7 Å². The number of nitro benzene ring substituents is 1. The highest BCUT2D eigenvalue weighted by Gasteiger charge is 2.34. The number of amides is 4. The molecule has 4 rings (SSSR count). The molecule has 1 aliphatic carbocycles. The fourth-order valence-electron chi connectivity index (χ4n) is 6.32. The highest BCUT2D eigenvalue weighted by Crippen LogP contribution is 2.28. The van der Waals surface area contributed by atoms with Gasteiger partial charge in [0.05, 0.1) is 4.92 Å². The third-order valence-corrected chi connectivity index (χ3v) is 9.27. The Morgan fingerprint density at radius 1 is 0.964 bits per heavy atom. The quantitative estimate of drug-likeness (QED) is 0.0240. The molecule has 2 aliphatic rings. The summed E-state index contributed by atoms with van der Waals surface area (Å²) in [5.74, 6) is -1.56. The molecule has 4 atom stereocenters. The van der Waals surface area contributed by atoms with Gasteiger partial charge in [0, 0.05) is 36.9 Å². The van der Waals surface area contributed by atoms with Gasteiger partial charge in [0.1, 0.15) is 30.7 Å². The van der Waals surface area contributed by atoms with Gasteiger partial charge in [-0.2, -0.15) is 0 Å². The molecule has 1 aliphatic heterocycles. The normalized spacial score (nSPS) is 17.0. The number of unbranched alkanes of at least 4 members (excludes halogenated alkanes) is 2. The van der Waals surface area contributed by atoms with Gasteiger partial charge in [-0.3, -0.25) is 40.3 Å². The van der Waals surface area contributed by atoms with Crippen LogP contribution < -0.4 is 31.7 Å². The molecule has 0 spiro atoms. The van der Waals surface area contributed by atoms with E-state index in [4.69, 9.17) is 15.2 Å². The van der Waals surface area contributed by atoms with Crippen molar-refractivity contribution in [1.29, 1.82) is 0 Å². The third-order valence-electron chi connectivity index (χ3n) is 9.27. The Morgan fingerprint density at radius 2 is 1.67 bits per heavy atom. The molecule has 1 fully saturated rings. The molecule has 4 amide bonds. The van der Waals surface area contributed by atoms with Gasteiger partial charge in [0.15, 0.2) is 6.35 Å². The Labute approximate surface area is 317 Å². The number of nitrogens with two attached hydrogens (primary N) is 1. The minimum atomic E-state index is -1.25. The Morgan fingerprint density at radius 3 is 2.31 bits per heavy atom. The van der Waals surface area contributed by atoms with Crippen molar-refractivity contribution in [2.45, 2.75) is 95.5 Å². The number of hydrogen-bond donors (Lipinski definition) is 7. The number of carbonyl (C=O) groups is 5. The second-order valence-electron chi connectivity index (χ2n) is 13.4. The van der Waals surface area contributed by atoms with E-state index in [-0.39, 0.29) is 55.2 Å². The fraction of sp³-hybridized carbons (Fsp3) is 0.486. The first-order chi connectivity index (χ1) is 26.4. The summed E-state index contributed by atoms with van der Waals surface area (Å²) >= 11 is 0. The number of non-ortho nitro benzene ring substituents is 1. The van der Waals surface area contributed by atoms with E-state index in [0.29, 0.717) is 43.5 Å². The first kappa shape index (κ1) is 42.3. The van der Waals surface area contributed by atoms with Gasteiger partial charge in [-0.25, -0.2) is 4.79 Å². The molecule has 2 aromatic carbocycles. The van der Waals surface area contributed by atoms with Crippen molar-refractivity contribution in [2.75, 3.05) is 18.4 Å². The van der Waals surface area contributed by atoms with Crippen LogP contribution in [0.5, 0.6) is 5.75 Å². The van der Waals surface area contributed by atoms with E-state index in [1.54, 1.807) is 24.3 Å². The zero-order valence-corrected chi connectivity index (χ0v) is 30.4. The van der Waals surface area contributed by atoms with Crippen LogP contribution in [0.1, 0.15) is 69.8 Å². The highest BCUT2D eigenvalue weighted by molar-refractivity contribution is 5.98. The van der Waals surface area contributed by atoms with Crippen LogP contribution in [0.3, 0.4) is 0 Å². The summed E-state index contributed by atoms with van der Waals surface area (Å²) < 4.78 is 10.2. The van der Waals surface area contributed by atoms with Gasteiger partial charge >= 0.3 is 6.16 Å². The van der Waals surface area contributed by atoms with Crippen molar-refractivity contribution in [3.05, 3.63) is 76.4 Å². The van der Waals surface area contributed by atoms with Crippen molar-refractivity contribution in [3.8, 4) is 5.75 Å². The lowest BCUT2D eigenvalue weighted by molar-refractivity contribution is -0.384. The molecule has 18 nitrogen and oxygen atoms in total. The largest absolute Gasteiger partial charge is 0.514 e. The number of nitrogens with one attached hydrogen (secondary N) is 4. The lowest BCUT2D eigenvalue weighted by Crippen LogP contribution is -2.55. The molecule has 18 heteroatoms. The molecule has 55 heavy (non-hydrogen) atoms. The van der Waals surface area contributed by atoms with Gasteiger partial charge in [-0.1, -0.05) is 31.4 Å². The topological polar surface area (TPSA) is 265 Å². The zero-order valence-electron chi connectivity index (χ0n) is 30.4. The molecular formula is C37H49N7O11. The molecule has 0 radical (unpaired) electrons. The standard InChI is InChI=1S/C37H49N7O11/c38-36(50)39-21-6-9-29(34(48)40-26-13-11-24(12-14-26)23-54-37(51)55-28-17-15-27(16-18-28)44(52)53)41-35(49)33(25-7-3-4-8-25)42-30(45)10-2-1-5-22-43-31(46)19-20-32(43)47/h11-20,25,29,31,33,36,39,46,50H,1-10,21-23,38H2,(H,40,48)(H,41,49)(H,42,45)/t29-,31?,33-,36?/m0/s1. The van der Waals surface area contributed by atoms with E-state index in [0.717, 1.165) is 25.7 Å². The second-order valence-corrected chi connectivity index (χ2v) is 13.4. The van der Waals surface area contributed by atoms with E-state index < -0.39 is 47.6 Å². The van der Waals surface area contributed by atoms with Crippen molar-refractivity contribution >= 4 is 41.2 Å². The molecule has 2 unspecified atom stereocenters. The van der Waals surface area contributed by atoms with Crippen LogP contribution in [0, 0.1) is 16.0 Å². The van der Waals surface area contributed by atoms with E-state index in [1.165, 1.54) is 41.3 Å². The molecule has 0 bridgehead atoms. The fourth-order valence-corrected chi connectivity index (χ4v) is 6.32. The molecular weight excluding hydrogens is 718 g/mol. The number of benzene rings is 2. The maximum Gasteiger partial charge on any atom is 0.514 e. The summed E-state index contributed by atoms with van der Waals surface area (Å²) in [5, 5.41) is 41.2. The third kappa shape index (κ3) is 14.1. The maximum atomic E-state index is 13.8. The summed E-state index contributed by atoms with van der Waals surface area (Å²) in [7, 11) is 0. The summed E-state index contributed by atoms with van der Waals surface area (Å²) in [6, 6.07) is 9.50.